The first-order valence-corrected chi connectivity index (χ1v) is 10.8. The second-order valence-corrected chi connectivity index (χ2v) is 8.16. The van der Waals surface area contributed by atoms with Crippen molar-refractivity contribution in [1.29, 1.82) is 0 Å². The molecule has 2 fully saturated rings. The van der Waals surface area contributed by atoms with E-state index < -0.39 is 5.88 Å². The molecule has 7 nitrogen and oxygen atoms in total. The van der Waals surface area contributed by atoms with E-state index in [9.17, 15) is 5.11 Å². The van der Waals surface area contributed by atoms with E-state index in [0.717, 1.165) is 26.2 Å². The molecule has 5 heterocycles. The van der Waals surface area contributed by atoms with E-state index in [1.165, 1.54) is 37.1 Å². The van der Waals surface area contributed by atoms with Crippen LogP contribution in [0.2, 0.25) is 5.02 Å². The number of hydrogen-bond donors (Lipinski definition) is 0. The summed E-state index contributed by atoms with van der Waals surface area (Å²) < 4.78 is 3.52. The van der Waals surface area contributed by atoms with Gasteiger partial charge in [0, 0.05) is 54.7 Å². The summed E-state index contributed by atoms with van der Waals surface area (Å²) in [5.41, 5.74) is 2.34. The van der Waals surface area contributed by atoms with Crippen LogP contribution in [0.5, 0.6) is 5.88 Å². The normalized spacial score (nSPS) is 15.9. The third-order valence-electron chi connectivity index (χ3n) is 5.83. The number of halogens is 2. The van der Waals surface area contributed by atoms with Gasteiger partial charge in [-0.1, -0.05) is 16.6 Å². The van der Waals surface area contributed by atoms with Crippen LogP contribution in [0.1, 0.15) is 25.7 Å². The van der Waals surface area contributed by atoms with Crippen molar-refractivity contribution in [1.82, 2.24) is 9.97 Å². The summed E-state index contributed by atoms with van der Waals surface area (Å²) in [6, 6.07) is 8.13. The monoisotopic (exact) mass is 458 g/mol. The SMILES string of the molecule is [Cl-].[O-]c1nc(-[n+]2ccc(N3CCCC3)cc2)nc(-[n+]2ccc(N3CCCC3)cc2)c1Cl. The molecule has 2 aliphatic rings. The minimum Gasteiger partial charge on any atom is -1.00 e. The maximum Gasteiger partial charge on any atom is 0.476 e. The number of anilines is 2. The van der Waals surface area contributed by atoms with Crippen LogP contribution in [-0.4, -0.2) is 36.1 Å². The molecule has 0 amide bonds. The van der Waals surface area contributed by atoms with Crippen LogP contribution in [0.3, 0.4) is 0 Å². The van der Waals surface area contributed by atoms with E-state index in [1.54, 1.807) is 9.13 Å². The highest BCUT2D eigenvalue weighted by atomic mass is 35.5. The van der Waals surface area contributed by atoms with Crippen LogP contribution in [0, 0.1) is 0 Å². The lowest BCUT2D eigenvalue weighted by atomic mass is 10.3. The van der Waals surface area contributed by atoms with Crippen LogP contribution < -0.4 is 36.4 Å². The van der Waals surface area contributed by atoms with Gasteiger partial charge in [0.15, 0.2) is 5.02 Å². The largest absolute Gasteiger partial charge is 1.00 e. The van der Waals surface area contributed by atoms with Gasteiger partial charge < -0.3 is 27.3 Å². The first-order chi connectivity index (χ1) is 14.7. The zero-order valence-corrected chi connectivity index (χ0v) is 18.6. The number of hydrogen-bond acceptors (Lipinski definition) is 5. The minimum atomic E-state index is -0.482. The van der Waals surface area contributed by atoms with Crippen molar-refractivity contribution in [3.05, 3.63) is 54.1 Å². The van der Waals surface area contributed by atoms with Crippen molar-refractivity contribution >= 4 is 23.0 Å². The molecule has 2 saturated heterocycles. The Hall–Kier alpha value is -2.64. The molecule has 3 aromatic heterocycles. The summed E-state index contributed by atoms with van der Waals surface area (Å²) in [6.45, 7) is 4.33. The summed E-state index contributed by atoms with van der Waals surface area (Å²) in [5.74, 6) is 0.211. The molecule has 0 atom stereocenters. The van der Waals surface area contributed by atoms with Crippen molar-refractivity contribution in [3.63, 3.8) is 0 Å². The van der Waals surface area contributed by atoms with Crippen molar-refractivity contribution in [3.8, 4) is 17.6 Å². The van der Waals surface area contributed by atoms with Crippen LogP contribution in [0.25, 0.3) is 11.8 Å². The van der Waals surface area contributed by atoms with E-state index in [4.69, 9.17) is 11.6 Å². The van der Waals surface area contributed by atoms with Crippen molar-refractivity contribution in [2.45, 2.75) is 25.7 Å². The highest BCUT2D eigenvalue weighted by Gasteiger charge is 2.24. The lowest BCUT2D eigenvalue weighted by Gasteiger charge is -2.17. The average molecular weight is 459 g/mol. The highest BCUT2D eigenvalue weighted by molar-refractivity contribution is 6.33. The molecule has 2 aliphatic heterocycles. The Morgan fingerprint density at radius 1 is 0.742 bits per heavy atom. The summed E-state index contributed by atoms with van der Waals surface area (Å²) in [6.07, 6.45) is 12.5. The molecular weight excluding hydrogens is 435 g/mol. The summed E-state index contributed by atoms with van der Waals surface area (Å²) in [7, 11) is 0. The fraction of sp³-hybridized carbons (Fsp3) is 0.364. The molecule has 0 radical (unpaired) electrons. The molecule has 0 unspecified atom stereocenters. The van der Waals surface area contributed by atoms with Gasteiger partial charge in [-0.15, -0.1) is 0 Å². The Labute approximate surface area is 193 Å². The third kappa shape index (κ3) is 4.38. The Kier molecular flexibility index (Phi) is 6.43. The standard InChI is InChI=1S/C22H24ClN6O.ClH/c23-19-20(28-13-5-17(6-14-28)26-9-1-2-10-26)24-22(25-21(19)30)29-15-7-18(8-16-29)27-11-3-4-12-27;/h5-8,13-16H,1-4,9-12H2;1H/q+1;/p-1. The quantitative estimate of drug-likeness (QED) is 0.467. The smallest absolute Gasteiger partial charge is 0.476 e. The number of aromatic nitrogens is 4. The maximum atomic E-state index is 12.4. The summed E-state index contributed by atoms with van der Waals surface area (Å²) in [4.78, 5) is 13.4. The molecule has 0 spiro atoms. The molecule has 0 aromatic carbocycles. The van der Waals surface area contributed by atoms with E-state index >= 15 is 0 Å². The fourth-order valence-corrected chi connectivity index (χ4v) is 4.36. The van der Waals surface area contributed by atoms with Gasteiger partial charge in [-0.05, 0) is 37.8 Å². The fourth-order valence-electron chi connectivity index (χ4n) is 4.17. The first-order valence-electron chi connectivity index (χ1n) is 10.5. The van der Waals surface area contributed by atoms with E-state index in [-0.39, 0.29) is 17.4 Å². The lowest BCUT2D eigenvalue weighted by molar-refractivity contribution is -0.614. The molecular formula is C22H24Cl2N6O. The molecule has 0 saturated carbocycles. The predicted octanol–water partition coefficient (Wildman–Crippen LogP) is -1.04. The number of nitrogens with zero attached hydrogens (tertiary/aromatic N) is 6. The molecule has 5 rings (SSSR count). The molecule has 0 bridgehead atoms. The number of pyridine rings is 2. The molecule has 162 valence electrons. The zero-order chi connectivity index (χ0) is 20.5. The molecule has 9 heteroatoms. The van der Waals surface area contributed by atoms with Gasteiger partial charge in [0.2, 0.25) is 0 Å². The van der Waals surface area contributed by atoms with Gasteiger partial charge in [0.25, 0.3) is 0 Å². The van der Waals surface area contributed by atoms with Crippen LogP contribution >= 0.6 is 11.6 Å². The highest BCUT2D eigenvalue weighted by Crippen LogP contribution is 2.23. The maximum absolute atomic E-state index is 12.4. The second-order valence-electron chi connectivity index (χ2n) is 7.78. The molecule has 0 aliphatic carbocycles. The molecule has 3 aromatic rings. The summed E-state index contributed by atoms with van der Waals surface area (Å²) >= 11 is 6.28. The summed E-state index contributed by atoms with van der Waals surface area (Å²) in [5, 5.41) is 12.5. The van der Waals surface area contributed by atoms with Gasteiger partial charge in [-0.2, -0.15) is 4.57 Å². The van der Waals surface area contributed by atoms with E-state index in [2.05, 4.69) is 19.8 Å². The molecule has 0 N–H and O–H groups in total. The first kappa shape index (κ1) is 21.6. The third-order valence-corrected chi connectivity index (χ3v) is 6.16. The van der Waals surface area contributed by atoms with Crippen LogP contribution in [0.15, 0.2) is 49.1 Å². The van der Waals surface area contributed by atoms with Crippen LogP contribution in [0.4, 0.5) is 11.4 Å². The van der Waals surface area contributed by atoms with Gasteiger partial charge in [0.05, 0.1) is 24.8 Å². The average Bonchev–Trinajstić information content (AvgIpc) is 3.50. The van der Waals surface area contributed by atoms with Gasteiger partial charge in [-0.25, -0.2) is 4.57 Å². The Morgan fingerprint density at radius 3 is 1.68 bits per heavy atom. The van der Waals surface area contributed by atoms with Gasteiger partial charge >= 0.3 is 11.8 Å². The topological polar surface area (TPSA) is 63.1 Å². The van der Waals surface area contributed by atoms with E-state index in [1.807, 2.05) is 49.1 Å². The Bertz CT molecular complexity index is 1030. The molecule has 31 heavy (non-hydrogen) atoms. The minimum absolute atomic E-state index is 0. The van der Waals surface area contributed by atoms with Gasteiger partial charge in [-0.3, -0.25) is 0 Å². The van der Waals surface area contributed by atoms with Gasteiger partial charge in [0.1, 0.15) is 5.88 Å². The zero-order valence-electron chi connectivity index (χ0n) is 17.1. The number of rotatable bonds is 4. The Morgan fingerprint density at radius 2 is 1.19 bits per heavy atom. The predicted molar refractivity (Wildman–Crippen MR) is 112 cm³/mol. The van der Waals surface area contributed by atoms with Crippen molar-refractivity contribution in [2.75, 3.05) is 36.0 Å². The van der Waals surface area contributed by atoms with E-state index in [0.29, 0.717) is 11.8 Å². The second kappa shape index (κ2) is 9.24. The Balaban J connectivity index is 0.00000231. The lowest BCUT2D eigenvalue weighted by Crippen LogP contribution is -3.00. The van der Waals surface area contributed by atoms with Crippen molar-refractivity contribution < 1.29 is 26.6 Å². The van der Waals surface area contributed by atoms with Crippen LogP contribution in [-0.2, 0) is 0 Å². The van der Waals surface area contributed by atoms with Crippen molar-refractivity contribution in [2.24, 2.45) is 0 Å².